The first-order chi connectivity index (χ1) is 28.2. The second-order valence-electron chi connectivity index (χ2n) is 15.4. The Kier molecular flexibility index (Phi) is 47.1. The third kappa shape index (κ3) is 47.6. The van der Waals surface area contributed by atoms with E-state index >= 15 is 0 Å². The molecule has 0 heterocycles. The van der Waals surface area contributed by atoms with Gasteiger partial charge in [0.2, 0.25) is 0 Å². The second-order valence-corrected chi connectivity index (χ2v) is 15.4. The maximum absolute atomic E-state index is 12.3. The second kappa shape index (κ2) is 49.5. The predicted molar refractivity (Wildman–Crippen MR) is 251 cm³/mol. The van der Waals surface area contributed by atoms with E-state index in [2.05, 4.69) is 111 Å². The van der Waals surface area contributed by atoms with Crippen LogP contribution in [0, 0.1) is 0 Å². The van der Waals surface area contributed by atoms with Crippen molar-refractivity contribution < 1.29 is 19.4 Å². The van der Waals surface area contributed by atoms with Gasteiger partial charge in [0.1, 0.15) is 6.10 Å². The maximum atomic E-state index is 12.3. The van der Waals surface area contributed by atoms with Crippen molar-refractivity contribution >= 4 is 5.97 Å². The Morgan fingerprint density at radius 1 is 0.439 bits per heavy atom. The van der Waals surface area contributed by atoms with Gasteiger partial charge in [-0.05, 0) is 96.3 Å². The van der Waals surface area contributed by atoms with E-state index in [1.165, 1.54) is 103 Å². The van der Waals surface area contributed by atoms with Crippen LogP contribution in [0.2, 0.25) is 0 Å². The van der Waals surface area contributed by atoms with Gasteiger partial charge >= 0.3 is 5.97 Å². The molecule has 0 aromatic rings. The summed E-state index contributed by atoms with van der Waals surface area (Å²) in [5.41, 5.74) is 0. The molecule has 1 unspecified atom stereocenters. The Balaban J connectivity index is 3.52. The topological polar surface area (TPSA) is 55.8 Å². The number of rotatable bonds is 43. The summed E-state index contributed by atoms with van der Waals surface area (Å²) in [5, 5.41) is 9.64. The molecular weight excluding hydrogens is 701 g/mol. The van der Waals surface area contributed by atoms with Gasteiger partial charge in [-0.25, -0.2) is 0 Å². The maximum Gasteiger partial charge on any atom is 0.306 e. The fourth-order valence-corrected chi connectivity index (χ4v) is 6.36. The van der Waals surface area contributed by atoms with Gasteiger partial charge in [-0.2, -0.15) is 0 Å². The minimum atomic E-state index is -0.553. The van der Waals surface area contributed by atoms with Crippen LogP contribution in [0.5, 0.6) is 0 Å². The molecule has 0 aromatic carbocycles. The van der Waals surface area contributed by atoms with Crippen molar-refractivity contribution in [2.45, 2.75) is 213 Å². The number of ether oxygens (including phenoxy) is 2. The van der Waals surface area contributed by atoms with E-state index in [0.29, 0.717) is 13.0 Å². The molecule has 57 heavy (non-hydrogen) atoms. The first kappa shape index (κ1) is 54.3. The van der Waals surface area contributed by atoms with Crippen molar-refractivity contribution in [2.24, 2.45) is 0 Å². The molecule has 4 heteroatoms. The van der Waals surface area contributed by atoms with Crippen LogP contribution in [-0.2, 0) is 14.3 Å². The summed E-state index contributed by atoms with van der Waals surface area (Å²) in [4.78, 5) is 12.3. The van der Waals surface area contributed by atoms with E-state index < -0.39 is 6.10 Å². The van der Waals surface area contributed by atoms with E-state index in [1.54, 1.807) is 0 Å². The standard InChI is InChI=1S/C53H90O4/c1-3-5-7-9-11-13-15-17-19-21-23-25-27-28-30-32-34-36-38-40-42-44-46-48-53(55)57-52(50-54)51-56-49-47-45-43-41-39-37-35-33-31-29-26-24-22-20-18-16-14-12-10-8-6-4-2/h5,7,11,13,16-19,22-25,28-31,52,54H,3-4,6,8-10,12,14-15,20-21,26-27,32-51H2,1-2H3/b7-5-,13-11-,18-16-,19-17-,24-22-,25-23-,30-28-,31-29-. The summed E-state index contributed by atoms with van der Waals surface area (Å²) in [6.07, 6.45) is 70.5. The summed E-state index contributed by atoms with van der Waals surface area (Å²) in [7, 11) is 0. The zero-order chi connectivity index (χ0) is 41.2. The van der Waals surface area contributed by atoms with Gasteiger partial charge in [0.25, 0.3) is 0 Å². The van der Waals surface area contributed by atoms with Crippen LogP contribution in [0.4, 0.5) is 0 Å². The van der Waals surface area contributed by atoms with Crippen LogP contribution >= 0.6 is 0 Å². The van der Waals surface area contributed by atoms with Gasteiger partial charge < -0.3 is 14.6 Å². The average Bonchev–Trinajstić information content (AvgIpc) is 3.22. The number of aliphatic hydroxyl groups excluding tert-OH is 1. The Labute approximate surface area is 353 Å². The molecule has 0 aliphatic rings. The smallest absolute Gasteiger partial charge is 0.306 e. The van der Waals surface area contributed by atoms with Crippen molar-refractivity contribution in [1.29, 1.82) is 0 Å². The Morgan fingerprint density at radius 2 is 0.789 bits per heavy atom. The first-order valence-corrected chi connectivity index (χ1v) is 23.8. The molecule has 0 aromatic heterocycles. The van der Waals surface area contributed by atoms with Gasteiger partial charge in [0.15, 0.2) is 0 Å². The summed E-state index contributed by atoms with van der Waals surface area (Å²) in [5.74, 6) is -0.218. The molecule has 0 fully saturated rings. The number of aliphatic hydroxyl groups is 1. The highest BCUT2D eigenvalue weighted by Crippen LogP contribution is 2.12. The van der Waals surface area contributed by atoms with Gasteiger partial charge in [0, 0.05) is 13.0 Å². The largest absolute Gasteiger partial charge is 0.457 e. The molecule has 0 saturated heterocycles. The average molecular weight is 791 g/mol. The Morgan fingerprint density at radius 3 is 1.19 bits per heavy atom. The number of hydrogen-bond acceptors (Lipinski definition) is 4. The highest BCUT2D eigenvalue weighted by molar-refractivity contribution is 5.69. The molecule has 326 valence electrons. The van der Waals surface area contributed by atoms with E-state index in [4.69, 9.17) is 9.47 Å². The van der Waals surface area contributed by atoms with Crippen LogP contribution in [-0.4, -0.2) is 37.0 Å². The minimum Gasteiger partial charge on any atom is -0.457 e. The normalized spacial score (nSPS) is 13.2. The molecule has 1 N–H and O–H groups in total. The number of carbonyl (C=O) groups is 1. The minimum absolute atomic E-state index is 0.186. The monoisotopic (exact) mass is 791 g/mol. The molecule has 0 aliphatic heterocycles. The molecular formula is C53H90O4. The third-order valence-electron chi connectivity index (χ3n) is 9.89. The Bertz CT molecular complexity index is 1060. The van der Waals surface area contributed by atoms with Gasteiger partial charge in [-0.15, -0.1) is 0 Å². The highest BCUT2D eigenvalue weighted by Gasteiger charge is 2.13. The molecule has 0 amide bonds. The van der Waals surface area contributed by atoms with Gasteiger partial charge in [-0.3, -0.25) is 4.79 Å². The van der Waals surface area contributed by atoms with Crippen molar-refractivity contribution in [3.63, 3.8) is 0 Å². The number of esters is 1. The number of unbranched alkanes of at least 4 members (excludes halogenated alkanes) is 19. The third-order valence-corrected chi connectivity index (χ3v) is 9.89. The van der Waals surface area contributed by atoms with Crippen LogP contribution in [0.15, 0.2) is 97.2 Å². The van der Waals surface area contributed by atoms with E-state index in [-0.39, 0.29) is 19.2 Å². The highest BCUT2D eigenvalue weighted by atomic mass is 16.6. The number of carbonyl (C=O) groups excluding carboxylic acids is 1. The predicted octanol–water partition coefficient (Wildman–Crippen LogP) is 16.1. The number of allylic oxidation sites excluding steroid dienone is 16. The molecule has 0 spiro atoms. The Hall–Kier alpha value is -2.69. The fraction of sp³-hybridized carbons (Fsp3) is 0.679. The lowest BCUT2D eigenvalue weighted by atomic mass is 10.1. The zero-order valence-electron chi connectivity index (χ0n) is 37.3. The first-order valence-electron chi connectivity index (χ1n) is 23.8. The SMILES string of the molecule is CC/C=C\C/C=C\C/C=C\C/C=C\C/C=C\CCCCCCCCCC(=O)OC(CO)COCCCCCCCCC/C=C\C/C=C\C/C=C\CCCCCCC. The van der Waals surface area contributed by atoms with E-state index in [9.17, 15) is 9.90 Å². The molecule has 0 saturated carbocycles. The summed E-state index contributed by atoms with van der Waals surface area (Å²) in [6.45, 7) is 5.18. The molecule has 1 atom stereocenters. The molecule has 0 radical (unpaired) electrons. The van der Waals surface area contributed by atoms with Gasteiger partial charge in [0.05, 0.1) is 13.2 Å². The van der Waals surface area contributed by atoms with Crippen LogP contribution in [0.3, 0.4) is 0 Å². The molecule has 4 nitrogen and oxygen atoms in total. The van der Waals surface area contributed by atoms with E-state index in [0.717, 1.165) is 83.5 Å². The van der Waals surface area contributed by atoms with Gasteiger partial charge in [-0.1, -0.05) is 201 Å². The van der Waals surface area contributed by atoms with Crippen molar-refractivity contribution in [3.8, 4) is 0 Å². The van der Waals surface area contributed by atoms with E-state index in [1.807, 2.05) is 0 Å². The van der Waals surface area contributed by atoms with Crippen LogP contribution in [0.25, 0.3) is 0 Å². The zero-order valence-corrected chi connectivity index (χ0v) is 37.3. The van der Waals surface area contributed by atoms with Crippen molar-refractivity contribution in [2.75, 3.05) is 19.8 Å². The molecule has 0 aliphatic carbocycles. The molecule has 0 bridgehead atoms. The van der Waals surface area contributed by atoms with Crippen LogP contribution in [0.1, 0.15) is 206 Å². The summed E-state index contributed by atoms with van der Waals surface area (Å²) in [6, 6.07) is 0. The van der Waals surface area contributed by atoms with Crippen LogP contribution < -0.4 is 0 Å². The van der Waals surface area contributed by atoms with Crippen molar-refractivity contribution in [3.05, 3.63) is 97.2 Å². The quantitative estimate of drug-likeness (QED) is 0.0380. The molecule has 0 rings (SSSR count). The fourth-order valence-electron chi connectivity index (χ4n) is 6.36. The van der Waals surface area contributed by atoms with Crippen molar-refractivity contribution in [1.82, 2.24) is 0 Å². The summed E-state index contributed by atoms with van der Waals surface area (Å²) >= 11 is 0. The lowest BCUT2D eigenvalue weighted by Crippen LogP contribution is -2.27. The number of hydrogen-bond donors (Lipinski definition) is 1. The summed E-state index contributed by atoms with van der Waals surface area (Å²) < 4.78 is 11.2. The lowest BCUT2D eigenvalue weighted by molar-refractivity contribution is -0.154. The lowest BCUT2D eigenvalue weighted by Gasteiger charge is -2.15.